The first-order chi connectivity index (χ1) is 10.7. The van der Waals surface area contributed by atoms with E-state index in [2.05, 4.69) is 4.99 Å². The zero-order valence-electron chi connectivity index (χ0n) is 12.7. The van der Waals surface area contributed by atoms with Gasteiger partial charge in [-0.2, -0.15) is 0 Å². The molecule has 0 aliphatic rings. The summed E-state index contributed by atoms with van der Waals surface area (Å²) in [5.74, 6) is -0.107. The van der Waals surface area contributed by atoms with E-state index in [1.54, 1.807) is 20.2 Å². The standard InChI is InChI=1S/C18H19NO3/c1-3-22-18(20)17(13-19-15-7-5-4-6-8-15)14-9-11-16(21-2)12-10-14/h4-13,17H,3H2,1-2H3. The number of aliphatic imine (C=N–C) groups is 1. The molecule has 2 aromatic carbocycles. The van der Waals surface area contributed by atoms with E-state index < -0.39 is 5.92 Å². The molecule has 22 heavy (non-hydrogen) atoms. The van der Waals surface area contributed by atoms with Gasteiger partial charge in [-0.3, -0.25) is 9.79 Å². The average molecular weight is 297 g/mol. The third-order valence-corrected chi connectivity index (χ3v) is 3.14. The predicted octanol–water partition coefficient (Wildman–Crippen LogP) is 3.74. The monoisotopic (exact) mass is 297 g/mol. The summed E-state index contributed by atoms with van der Waals surface area (Å²) in [7, 11) is 1.61. The molecule has 0 heterocycles. The van der Waals surface area contributed by atoms with Crippen LogP contribution in [0.4, 0.5) is 5.69 Å². The maximum atomic E-state index is 12.2. The summed E-state index contributed by atoms with van der Waals surface area (Å²) in [6.07, 6.45) is 1.62. The number of rotatable bonds is 6. The summed E-state index contributed by atoms with van der Waals surface area (Å²) in [4.78, 5) is 16.5. The topological polar surface area (TPSA) is 47.9 Å². The van der Waals surface area contributed by atoms with E-state index in [1.807, 2.05) is 54.6 Å². The van der Waals surface area contributed by atoms with Crippen LogP contribution in [0.5, 0.6) is 5.75 Å². The first kappa shape index (κ1) is 15.8. The minimum absolute atomic E-state index is 0.313. The molecule has 0 saturated carbocycles. The number of nitrogens with zero attached hydrogens (tertiary/aromatic N) is 1. The van der Waals surface area contributed by atoms with Crippen molar-refractivity contribution in [3.8, 4) is 5.75 Å². The lowest BCUT2D eigenvalue weighted by atomic mass is 10.0. The SMILES string of the molecule is CCOC(=O)C(C=Nc1ccccc1)c1ccc(OC)cc1. The van der Waals surface area contributed by atoms with Crippen LogP contribution in [0.15, 0.2) is 59.6 Å². The van der Waals surface area contributed by atoms with Crippen molar-refractivity contribution in [1.29, 1.82) is 0 Å². The molecule has 0 aliphatic heterocycles. The fourth-order valence-electron chi connectivity index (χ4n) is 2.00. The second-order valence-electron chi connectivity index (χ2n) is 4.62. The van der Waals surface area contributed by atoms with Gasteiger partial charge in [-0.15, -0.1) is 0 Å². The summed E-state index contributed by atoms with van der Waals surface area (Å²) in [5.41, 5.74) is 1.62. The molecule has 0 saturated heterocycles. The molecule has 2 rings (SSSR count). The predicted molar refractivity (Wildman–Crippen MR) is 87.0 cm³/mol. The quantitative estimate of drug-likeness (QED) is 0.602. The van der Waals surface area contributed by atoms with Gasteiger partial charge >= 0.3 is 5.97 Å². The highest BCUT2D eigenvalue weighted by Crippen LogP contribution is 2.21. The van der Waals surface area contributed by atoms with Crippen LogP contribution in [-0.2, 0) is 9.53 Å². The maximum absolute atomic E-state index is 12.2. The molecule has 0 amide bonds. The molecule has 0 N–H and O–H groups in total. The van der Waals surface area contributed by atoms with E-state index in [1.165, 1.54) is 0 Å². The van der Waals surface area contributed by atoms with E-state index in [9.17, 15) is 4.79 Å². The van der Waals surface area contributed by atoms with Crippen LogP contribution in [0.25, 0.3) is 0 Å². The molecule has 4 nitrogen and oxygen atoms in total. The third kappa shape index (κ3) is 4.19. The molecule has 0 fully saturated rings. The van der Waals surface area contributed by atoms with E-state index in [0.29, 0.717) is 6.61 Å². The van der Waals surface area contributed by atoms with Crippen molar-refractivity contribution in [2.45, 2.75) is 12.8 Å². The second-order valence-corrected chi connectivity index (χ2v) is 4.62. The molecule has 0 bridgehead atoms. The number of esters is 1. The van der Waals surface area contributed by atoms with Crippen molar-refractivity contribution in [3.05, 3.63) is 60.2 Å². The highest BCUT2D eigenvalue weighted by Gasteiger charge is 2.20. The number of hydrogen-bond donors (Lipinski definition) is 0. The summed E-state index contributed by atoms with van der Waals surface area (Å²) in [6.45, 7) is 2.13. The molecule has 1 atom stereocenters. The number of carbonyl (C=O) groups is 1. The lowest BCUT2D eigenvalue weighted by Crippen LogP contribution is -2.17. The van der Waals surface area contributed by atoms with Crippen molar-refractivity contribution < 1.29 is 14.3 Å². The van der Waals surface area contributed by atoms with Crippen molar-refractivity contribution in [3.63, 3.8) is 0 Å². The van der Waals surface area contributed by atoms with Crippen molar-refractivity contribution in [2.24, 2.45) is 4.99 Å². The highest BCUT2D eigenvalue weighted by atomic mass is 16.5. The van der Waals surface area contributed by atoms with Gasteiger partial charge in [-0.1, -0.05) is 30.3 Å². The Morgan fingerprint density at radius 1 is 1.14 bits per heavy atom. The summed E-state index contributed by atoms with van der Waals surface area (Å²) in [5, 5.41) is 0. The minimum Gasteiger partial charge on any atom is -0.497 e. The molecule has 1 unspecified atom stereocenters. The van der Waals surface area contributed by atoms with Crippen LogP contribution in [0, 0.1) is 0 Å². The highest BCUT2D eigenvalue weighted by molar-refractivity contribution is 5.96. The molecule has 0 aromatic heterocycles. The van der Waals surface area contributed by atoms with E-state index in [4.69, 9.17) is 9.47 Å². The fourth-order valence-corrected chi connectivity index (χ4v) is 2.00. The van der Waals surface area contributed by atoms with Crippen LogP contribution in [0.2, 0.25) is 0 Å². The maximum Gasteiger partial charge on any atom is 0.318 e. The number of hydrogen-bond acceptors (Lipinski definition) is 4. The van der Waals surface area contributed by atoms with Gasteiger partial charge in [-0.05, 0) is 36.8 Å². The Balaban J connectivity index is 2.25. The normalized spacial score (nSPS) is 12.1. The molecular weight excluding hydrogens is 278 g/mol. The lowest BCUT2D eigenvalue weighted by molar-refractivity contribution is -0.143. The Labute approximate surface area is 130 Å². The van der Waals surface area contributed by atoms with Gasteiger partial charge in [0, 0.05) is 6.21 Å². The summed E-state index contributed by atoms with van der Waals surface area (Å²) >= 11 is 0. The van der Waals surface area contributed by atoms with Crippen LogP contribution in [0.3, 0.4) is 0 Å². The zero-order valence-corrected chi connectivity index (χ0v) is 12.7. The molecule has 0 spiro atoms. The van der Waals surface area contributed by atoms with Gasteiger partial charge in [0.05, 0.1) is 19.4 Å². The number of carbonyl (C=O) groups excluding carboxylic acids is 1. The van der Waals surface area contributed by atoms with E-state index >= 15 is 0 Å². The van der Waals surface area contributed by atoms with Crippen LogP contribution >= 0.6 is 0 Å². The van der Waals surface area contributed by atoms with Gasteiger partial charge in [0.25, 0.3) is 0 Å². The molecule has 2 aromatic rings. The largest absolute Gasteiger partial charge is 0.497 e. The summed E-state index contributed by atoms with van der Waals surface area (Å²) in [6, 6.07) is 16.8. The Hall–Kier alpha value is -2.62. The minimum atomic E-state index is -0.536. The van der Waals surface area contributed by atoms with Crippen molar-refractivity contribution in [1.82, 2.24) is 0 Å². The smallest absolute Gasteiger partial charge is 0.318 e. The van der Waals surface area contributed by atoms with Crippen LogP contribution < -0.4 is 4.74 Å². The van der Waals surface area contributed by atoms with E-state index in [-0.39, 0.29) is 5.97 Å². The summed E-state index contributed by atoms with van der Waals surface area (Å²) < 4.78 is 10.3. The van der Waals surface area contributed by atoms with Crippen molar-refractivity contribution in [2.75, 3.05) is 13.7 Å². The molecule has 4 heteroatoms. The van der Waals surface area contributed by atoms with E-state index in [0.717, 1.165) is 17.0 Å². The van der Waals surface area contributed by atoms with Gasteiger partial charge < -0.3 is 9.47 Å². The third-order valence-electron chi connectivity index (χ3n) is 3.14. The Kier molecular flexibility index (Phi) is 5.72. The Morgan fingerprint density at radius 2 is 1.82 bits per heavy atom. The Bertz CT molecular complexity index is 621. The molecule has 0 aliphatic carbocycles. The number of ether oxygens (including phenoxy) is 2. The zero-order chi connectivity index (χ0) is 15.8. The fraction of sp³-hybridized carbons (Fsp3) is 0.222. The lowest BCUT2D eigenvalue weighted by Gasteiger charge is -2.12. The molecule has 114 valence electrons. The average Bonchev–Trinajstić information content (AvgIpc) is 2.57. The van der Waals surface area contributed by atoms with Gasteiger partial charge in [0.15, 0.2) is 0 Å². The number of methoxy groups -OCH3 is 1. The first-order valence-electron chi connectivity index (χ1n) is 7.14. The number of benzene rings is 2. The second kappa shape index (κ2) is 7.98. The van der Waals surface area contributed by atoms with Crippen molar-refractivity contribution >= 4 is 17.9 Å². The Morgan fingerprint density at radius 3 is 2.41 bits per heavy atom. The van der Waals surface area contributed by atoms with Gasteiger partial charge in [0.1, 0.15) is 11.7 Å². The molecular formula is C18H19NO3. The number of para-hydroxylation sites is 1. The van der Waals surface area contributed by atoms with Crippen LogP contribution in [0.1, 0.15) is 18.4 Å². The first-order valence-corrected chi connectivity index (χ1v) is 7.14. The van der Waals surface area contributed by atoms with Crippen LogP contribution in [-0.4, -0.2) is 25.9 Å². The molecule has 0 radical (unpaired) electrons. The van der Waals surface area contributed by atoms with Gasteiger partial charge in [0.2, 0.25) is 0 Å². The van der Waals surface area contributed by atoms with Gasteiger partial charge in [-0.25, -0.2) is 0 Å².